The molecule has 0 spiro atoms. The number of aryl methyl sites for hydroxylation is 1. The number of aromatic nitrogens is 2. The van der Waals surface area contributed by atoms with Gasteiger partial charge in [-0.2, -0.15) is 0 Å². The number of hydrogen-bond donors (Lipinski definition) is 0. The van der Waals surface area contributed by atoms with Gasteiger partial charge in [-0.05, 0) is 147 Å². The first-order chi connectivity index (χ1) is 39.3. The van der Waals surface area contributed by atoms with Crippen LogP contribution in [0.25, 0.3) is 99.2 Å². The SMILES string of the molecule is CCCCc1ccc2oc3ccccc3c2c1N1c2cc(-n3c4ccccc4c4cc(-c5ccccc5)ccc43)ccc2B2c3ccc(-n4c5ccccc5c5cc(-c6ccccc6)ccc54)cc3Oc3cc(C(C)(C)C)cc1c32. The third-order valence-corrected chi connectivity index (χ3v) is 17.3. The van der Waals surface area contributed by atoms with Gasteiger partial charge in [0.1, 0.15) is 22.7 Å². The number of para-hydroxylation sites is 3. The van der Waals surface area contributed by atoms with Gasteiger partial charge in [-0.15, -0.1) is 0 Å². The van der Waals surface area contributed by atoms with E-state index in [0.717, 1.165) is 91.9 Å². The highest BCUT2D eigenvalue weighted by atomic mass is 16.5. The lowest BCUT2D eigenvalue weighted by molar-refractivity contribution is 0.483. The Morgan fingerprint density at radius 1 is 0.438 bits per heavy atom. The van der Waals surface area contributed by atoms with Crippen LogP contribution in [-0.4, -0.2) is 15.8 Å². The number of unbranched alkanes of at least 4 members (excludes halogenated alkanes) is 1. The van der Waals surface area contributed by atoms with Crippen LogP contribution in [0.3, 0.4) is 0 Å². The fourth-order valence-electron chi connectivity index (χ4n) is 13.5. The zero-order valence-corrected chi connectivity index (χ0v) is 45.3. The minimum absolute atomic E-state index is 0.135. The third-order valence-electron chi connectivity index (χ3n) is 17.3. The molecule has 14 aromatic rings. The van der Waals surface area contributed by atoms with Gasteiger partial charge in [0.2, 0.25) is 0 Å². The zero-order valence-electron chi connectivity index (χ0n) is 45.3. The summed E-state index contributed by atoms with van der Waals surface area (Å²) in [6.07, 6.45) is 3.06. The molecule has 0 bridgehead atoms. The van der Waals surface area contributed by atoms with Crippen LogP contribution in [0.5, 0.6) is 11.5 Å². The molecule has 11 aromatic carbocycles. The topological polar surface area (TPSA) is 35.5 Å². The molecular formula is C74H56BN3O2. The van der Waals surface area contributed by atoms with Crippen LogP contribution < -0.4 is 26.0 Å². The van der Waals surface area contributed by atoms with Gasteiger partial charge < -0.3 is 23.2 Å². The van der Waals surface area contributed by atoms with Crippen LogP contribution in [0.15, 0.2) is 235 Å². The van der Waals surface area contributed by atoms with E-state index in [1.807, 2.05) is 0 Å². The van der Waals surface area contributed by atoms with Crippen molar-refractivity contribution in [2.45, 2.75) is 52.4 Å². The van der Waals surface area contributed by atoms with Crippen LogP contribution in [0.1, 0.15) is 51.7 Å². The molecule has 0 N–H and O–H groups in total. The molecule has 6 heteroatoms. The highest BCUT2D eigenvalue weighted by Gasteiger charge is 2.44. The Balaban J connectivity index is 0.963. The minimum Gasteiger partial charge on any atom is -0.458 e. The summed E-state index contributed by atoms with van der Waals surface area (Å²) >= 11 is 0. The average Bonchev–Trinajstić information content (AvgIpc) is 4.30. The summed E-state index contributed by atoms with van der Waals surface area (Å²) in [6, 6.07) is 85.1. The van der Waals surface area contributed by atoms with E-state index in [1.54, 1.807) is 0 Å². The van der Waals surface area contributed by atoms with Crippen LogP contribution in [-0.2, 0) is 11.8 Å². The number of nitrogens with zero attached hydrogens (tertiary/aromatic N) is 3. The van der Waals surface area contributed by atoms with Crippen molar-refractivity contribution in [1.82, 2.24) is 9.13 Å². The van der Waals surface area contributed by atoms with Crippen LogP contribution in [0.2, 0.25) is 0 Å². The predicted octanol–water partition coefficient (Wildman–Crippen LogP) is 18.2. The largest absolute Gasteiger partial charge is 0.458 e. The monoisotopic (exact) mass is 1030 g/mol. The van der Waals surface area contributed by atoms with Gasteiger partial charge in [-0.1, -0.05) is 180 Å². The molecule has 0 atom stereocenters. The maximum atomic E-state index is 7.49. The second-order valence-corrected chi connectivity index (χ2v) is 23.0. The first-order valence-electron chi connectivity index (χ1n) is 28.3. The molecule has 0 aliphatic carbocycles. The Morgan fingerprint density at radius 2 is 1.01 bits per heavy atom. The molecule has 0 saturated carbocycles. The summed E-state index contributed by atoms with van der Waals surface area (Å²) in [5, 5.41) is 7.15. The first-order valence-corrected chi connectivity index (χ1v) is 28.3. The molecular weight excluding hydrogens is 974 g/mol. The molecule has 0 unspecified atom stereocenters. The lowest BCUT2D eigenvalue weighted by Gasteiger charge is -2.42. The fourth-order valence-corrected chi connectivity index (χ4v) is 13.5. The highest BCUT2D eigenvalue weighted by Crippen LogP contribution is 2.50. The van der Waals surface area contributed by atoms with Gasteiger partial charge in [0, 0.05) is 55.7 Å². The normalized spacial score (nSPS) is 12.9. The molecule has 80 heavy (non-hydrogen) atoms. The summed E-state index contributed by atoms with van der Waals surface area (Å²) in [5.74, 6) is 1.77. The van der Waals surface area contributed by atoms with E-state index in [1.165, 1.54) is 82.6 Å². The molecule has 2 aliphatic heterocycles. The molecule has 0 saturated heterocycles. The maximum Gasteiger partial charge on any atom is 0.256 e. The van der Waals surface area contributed by atoms with E-state index in [2.05, 4.69) is 272 Å². The fraction of sp³-hybridized carbons (Fsp3) is 0.108. The number of hydrogen-bond acceptors (Lipinski definition) is 3. The van der Waals surface area contributed by atoms with Crippen molar-refractivity contribution in [2.24, 2.45) is 0 Å². The molecule has 5 nitrogen and oxygen atoms in total. The summed E-state index contributed by atoms with van der Waals surface area (Å²) in [4.78, 5) is 2.62. The van der Waals surface area contributed by atoms with Gasteiger partial charge in [-0.3, -0.25) is 0 Å². The summed E-state index contributed by atoms with van der Waals surface area (Å²) < 4.78 is 19.2. The molecule has 382 valence electrons. The second-order valence-electron chi connectivity index (χ2n) is 23.0. The van der Waals surface area contributed by atoms with Crippen LogP contribution in [0.4, 0.5) is 17.1 Å². The van der Waals surface area contributed by atoms with Gasteiger partial charge in [0.05, 0.1) is 33.1 Å². The van der Waals surface area contributed by atoms with Crippen molar-refractivity contribution in [3.8, 4) is 45.1 Å². The minimum atomic E-state index is -0.206. The van der Waals surface area contributed by atoms with Crippen molar-refractivity contribution in [3.63, 3.8) is 0 Å². The Kier molecular flexibility index (Phi) is 10.3. The second kappa shape index (κ2) is 17.8. The van der Waals surface area contributed by atoms with Crippen molar-refractivity contribution < 1.29 is 9.15 Å². The predicted molar refractivity (Wildman–Crippen MR) is 336 cm³/mol. The molecule has 0 amide bonds. The zero-order chi connectivity index (χ0) is 53.4. The van der Waals surface area contributed by atoms with E-state index in [4.69, 9.17) is 9.15 Å². The van der Waals surface area contributed by atoms with E-state index in [0.29, 0.717) is 0 Å². The number of ether oxygens (including phenoxy) is 1. The molecule has 2 aliphatic rings. The summed E-state index contributed by atoms with van der Waals surface area (Å²) in [6.45, 7) is 9.12. The highest BCUT2D eigenvalue weighted by molar-refractivity contribution is 6.99. The summed E-state index contributed by atoms with van der Waals surface area (Å²) in [7, 11) is 0. The Hall–Kier alpha value is -9.52. The maximum absolute atomic E-state index is 7.49. The number of anilines is 3. The number of furan rings is 1. The summed E-state index contributed by atoms with van der Waals surface area (Å²) in [5.41, 5.74) is 22.7. The van der Waals surface area contributed by atoms with Crippen LogP contribution in [0, 0.1) is 0 Å². The Labute approximate surface area is 465 Å². The molecule has 3 aromatic heterocycles. The lowest BCUT2D eigenvalue weighted by atomic mass is 9.34. The van der Waals surface area contributed by atoms with E-state index >= 15 is 0 Å². The van der Waals surface area contributed by atoms with Gasteiger partial charge in [0.15, 0.2) is 0 Å². The molecule has 16 rings (SSSR count). The van der Waals surface area contributed by atoms with Crippen molar-refractivity contribution >= 4 is 106 Å². The van der Waals surface area contributed by atoms with E-state index < -0.39 is 0 Å². The third kappa shape index (κ3) is 7.04. The van der Waals surface area contributed by atoms with Crippen molar-refractivity contribution in [2.75, 3.05) is 4.90 Å². The number of benzene rings is 11. The number of rotatable bonds is 8. The average molecular weight is 1030 g/mol. The standard InChI is InChI=1S/C74H56BN3O2/c1-5-6-19-48-32-39-68-71(56-26-15-18-29-67(56)79-68)73(48)78-65-44-52(76-61-27-16-13-24-54(61)57-40-49(30-37-63(57)76)46-20-9-7-10-21-46)33-35-59(65)75-60-36-34-53(45-69(60)80-70-43-51(74(2,3)4)42-66(78)72(70)75)77-62-28-17-14-25-55(62)58-41-50(31-38-64(58)77)47-22-11-8-12-23-47/h7-18,20-45H,5-6,19H2,1-4H3. The molecule has 0 fully saturated rings. The quantitative estimate of drug-likeness (QED) is 0.142. The van der Waals surface area contributed by atoms with Crippen molar-refractivity contribution in [1.29, 1.82) is 0 Å². The van der Waals surface area contributed by atoms with Gasteiger partial charge in [0.25, 0.3) is 6.71 Å². The smallest absolute Gasteiger partial charge is 0.256 e. The van der Waals surface area contributed by atoms with Crippen LogP contribution >= 0.6 is 0 Å². The Morgan fingerprint density at radius 3 is 1.65 bits per heavy atom. The van der Waals surface area contributed by atoms with E-state index in [9.17, 15) is 0 Å². The lowest BCUT2D eigenvalue weighted by Crippen LogP contribution is -2.59. The van der Waals surface area contributed by atoms with Gasteiger partial charge >= 0.3 is 0 Å². The first kappa shape index (κ1) is 46.6. The van der Waals surface area contributed by atoms with Crippen molar-refractivity contribution in [3.05, 3.63) is 242 Å². The van der Waals surface area contributed by atoms with E-state index in [-0.39, 0.29) is 12.1 Å². The Bertz CT molecular complexity index is 4850. The molecule has 0 radical (unpaired) electrons. The molecule has 5 heterocycles. The number of fused-ring (bicyclic) bond motifs is 13. The van der Waals surface area contributed by atoms with Gasteiger partial charge in [-0.25, -0.2) is 0 Å².